The number of ether oxygens (including phenoxy) is 1. The van der Waals surface area contributed by atoms with E-state index in [2.05, 4.69) is 20.2 Å². The maximum Gasteiger partial charge on any atom is 0.192 e. The van der Waals surface area contributed by atoms with Crippen molar-refractivity contribution in [3.63, 3.8) is 0 Å². The molecule has 0 fully saturated rings. The molecule has 0 atom stereocenters. The standard InChI is InChI=1S/C21H20F3N5O/c1-5-29-19(12-6-7-16-17(8-12)26-11(2)25-16)27-28-20(29)21(3,4)30-18-14(23)9-13(22)10-15(18)24/h6-10H,5H2,1-4H3,(H,25,26). The Kier molecular flexibility index (Phi) is 4.76. The number of aromatic amines is 1. The Morgan fingerprint density at radius 2 is 1.77 bits per heavy atom. The van der Waals surface area contributed by atoms with Crippen molar-refractivity contribution in [2.45, 2.75) is 39.8 Å². The van der Waals surface area contributed by atoms with Crippen LogP contribution in [0.5, 0.6) is 5.75 Å². The third kappa shape index (κ3) is 3.40. The highest BCUT2D eigenvalue weighted by Gasteiger charge is 2.33. The predicted molar refractivity (Wildman–Crippen MR) is 105 cm³/mol. The molecule has 0 aliphatic rings. The zero-order chi connectivity index (χ0) is 21.6. The molecule has 4 aromatic rings. The monoisotopic (exact) mass is 415 g/mol. The Labute approximate surface area is 170 Å². The molecule has 0 bridgehead atoms. The number of imidazole rings is 1. The Morgan fingerprint density at radius 3 is 2.43 bits per heavy atom. The lowest BCUT2D eigenvalue weighted by atomic mass is 10.1. The fourth-order valence-electron chi connectivity index (χ4n) is 3.47. The fraction of sp³-hybridized carbons (Fsp3) is 0.286. The van der Waals surface area contributed by atoms with Crippen molar-refractivity contribution in [1.29, 1.82) is 0 Å². The number of aryl methyl sites for hydroxylation is 1. The molecule has 0 spiro atoms. The summed E-state index contributed by atoms with van der Waals surface area (Å²) >= 11 is 0. The smallest absolute Gasteiger partial charge is 0.192 e. The first-order valence-corrected chi connectivity index (χ1v) is 9.43. The average Bonchev–Trinajstić information content (AvgIpc) is 3.26. The summed E-state index contributed by atoms with van der Waals surface area (Å²) in [6.07, 6.45) is 0. The maximum absolute atomic E-state index is 14.1. The summed E-state index contributed by atoms with van der Waals surface area (Å²) in [4.78, 5) is 7.57. The summed E-state index contributed by atoms with van der Waals surface area (Å²) in [5.41, 5.74) is 1.27. The molecule has 0 saturated heterocycles. The minimum absolute atomic E-state index is 0.379. The summed E-state index contributed by atoms with van der Waals surface area (Å²) in [6, 6.07) is 6.84. The number of nitrogens with one attached hydrogen (secondary N) is 1. The van der Waals surface area contributed by atoms with Gasteiger partial charge in [0.2, 0.25) is 0 Å². The zero-order valence-electron chi connectivity index (χ0n) is 16.9. The topological polar surface area (TPSA) is 68.6 Å². The van der Waals surface area contributed by atoms with E-state index in [1.165, 1.54) is 0 Å². The van der Waals surface area contributed by atoms with Crippen molar-refractivity contribution in [3.8, 4) is 17.1 Å². The number of aromatic nitrogens is 5. The summed E-state index contributed by atoms with van der Waals surface area (Å²) in [7, 11) is 0. The van der Waals surface area contributed by atoms with Crippen LogP contribution in [0.15, 0.2) is 30.3 Å². The SMILES string of the molecule is CCn1c(-c2ccc3nc(C)[nH]c3c2)nnc1C(C)(C)Oc1c(F)cc(F)cc1F. The Morgan fingerprint density at radius 1 is 1.07 bits per heavy atom. The van der Waals surface area contributed by atoms with Gasteiger partial charge >= 0.3 is 0 Å². The van der Waals surface area contributed by atoms with Crippen LogP contribution in [0, 0.1) is 24.4 Å². The van der Waals surface area contributed by atoms with Gasteiger partial charge < -0.3 is 14.3 Å². The van der Waals surface area contributed by atoms with Crippen LogP contribution in [-0.4, -0.2) is 24.7 Å². The Bertz CT molecular complexity index is 1220. The van der Waals surface area contributed by atoms with Crippen molar-refractivity contribution in [2.75, 3.05) is 0 Å². The molecular formula is C21H20F3N5O. The van der Waals surface area contributed by atoms with Crippen LogP contribution in [0.3, 0.4) is 0 Å². The molecule has 6 nitrogen and oxygen atoms in total. The number of hydrogen-bond acceptors (Lipinski definition) is 4. The highest BCUT2D eigenvalue weighted by Crippen LogP contribution is 2.33. The molecule has 9 heteroatoms. The lowest BCUT2D eigenvalue weighted by molar-refractivity contribution is 0.0824. The first-order chi connectivity index (χ1) is 14.2. The molecular weight excluding hydrogens is 395 g/mol. The van der Waals surface area contributed by atoms with Gasteiger partial charge in [0.1, 0.15) is 11.6 Å². The number of fused-ring (bicyclic) bond motifs is 1. The minimum Gasteiger partial charge on any atom is -0.474 e. The largest absolute Gasteiger partial charge is 0.474 e. The highest BCUT2D eigenvalue weighted by molar-refractivity contribution is 5.80. The summed E-state index contributed by atoms with van der Waals surface area (Å²) in [5.74, 6) is -2.16. The van der Waals surface area contributed by atoms with Crippen molar-refractivity contribution in [1.82, 2.24) is 24.7 Å². The number of nitrogens with zero attached hydrogens (tertiary/aromatic N) is 4. The second-order valence-corrected chi connectivity index (χ2v) is 7.46. The molecule has 0 unspecified atom stereocenters. The van der Waals surface area contributed by atoms with Crippen LogP contribution in [0.1, 0.15) is 32.4 Å². The van der Waals surface area contributed by atoms with Gasteiger partial charge in [0.05, 0.1) is 11.0 Å². The van der Waals surface area contributed by atoms with Crippen LogP contribution in [0.4, 0.5) is 13.2 Å². The third-order valence-corrected chi connectivity index (χ3v) is 4.78. The number of benzene rings is 2. The van der Waals surface area contributed by atoms with Gasteiger partial charge in [-0.2, -0.15) is 0 Å². The van der Waals surface area contributed by atoms with E-state index in [1.54, 1.807) is 13.8 Å². The normalized spacial score (nSPS) is 12.0. The second-order valence-electron chi connectivity index (χ2n) is 7.46. The number of rotatable bonds is 5. The molecule has 2 aromatic carbocycles. The molecule has 30 heavy (non-hydrogen) atoms. The van der Waals surface area contributed by atoms with E-state index in [4.69, 9.17) is 4.74 Å². The van der Waals surface area contributed by atoms with Crippen molar-refractivity contribution in [3.05, 3.63) is 59.4 Å². The van der Waals surface area contributed by atoms with E-state index in [0.717, 1.165) is 22.4 Å². The van der Waals surface area contributed by atoms with Gasteiger partial charge in [-0.25, -0.2) is 18.2 Å². The molecule has 1 N–H and O–H groups in total. The van der Waals surface area contributed by atoms with E-state index >= 15 is 0 Å². The zero-order valence-corrected chi connectivity index (χ0v) is 16.9. The molecule has 2 heterocycles. The molecule has 0 aliphatic heterocycles. The molecule has 0 radical (unpaired) electrons. The van der Waals surface area contributed by atoms with E-state index < -0.39 is 28.8 Å². The van der Waals surface area contributed by atoms with Gasteiger partial charge in [-0.1, -0.05) is 0 Å². The van der Waals surface area contributed by atoms with E-state index in [1.807, 2.05) is 36.6 Å². The van der Waals surface area contributed by atoms with E-state index in [0.29, 0.717) is 30.3 Å². The summed E-state index contributed by atoms with van der Waals surface area (Å²) in [5, 5.41) is 8.53. The van der Waals surface area contributed by atoms with Gasteiger partial charge in [0.15, 0.2) is 34.6 Å². The van der Waals surface area contributed by atoms with Crippen LogP contribution in [0.25, 0.3) is 22.4 Å². The lowest BCUT2D eigenvalue weighted by Crippen LogP contribution is -2.30. The maximum atomic E-state index is 14.1. The van der Waals surface area contributed by atoms with Crippen LogP contribution < -0.4 is 4.74 Å². The number of H-pyrrole nitrogens is 1. The minimum atomic E-state index is -1.24. The van der Waals surface area contributed by atoms with Gasteiger partial charge in [-0.15, -0.1) is 10.2 Å². The Hall–Kier alpha value is -3.36. The highest BCUT2D eigenvalue weighted by atomic mass is 19.1. The third-order valence-electron chi connectivity index (χ3n) is 4.78. The molecule has 2 aromatic heterocycles. The molecule has 0 amide bonds. The average molecular weight is 415 g/mol. The first kappa shape index (κ1) is 19.9. The van der Waals surface area contributed by atoms with Crippen molar-refractivity contribution < 1.29 is 17.9 Å². The summed E-state index contributed by atoms with van der Waals surface area (Å²) in [6.45, 7) is 7.52. The quantitative estimate of drug-likeness (QED) is 0.504. The lowest BCUT2D eigenvalue weighted by Gasteiger charge is -2.26. The van der Waals surface area contributed by atoms with Crippen molar-refractivity contribution in [2.24, 2.45) is 0 Å². The van der Waals surface area contributed by atoms with E-state index in [-0.39, 0.29) is 0 Å². The molecule has 0 saturated carbocycles. The van der Waals surface area contributed by atoms with Gasteiger partial charge in [0, 0.05) is 24.2 Å². The number of hydrogen-bond donors (Lipinski definition) is 1. The number of halogens is 3. The molecule has 156 valence electrons. The van der Waals surface area contributed by atoms with Gasteiger partial charge in [-0.05, 0) is 45.9 Å². The molecule has 0 aliphatic carbocycles. The predicted octanol–water partition coefficient (Wildman–Crippen LogP) is 4.88. The van der Waals surface area contributed by atoms with Gasteiger partial charge in [0.25, 0.3) is 0 Å². The van der Waals surface area contributed by atoms with Crippen molar-refractivity contribution >= 4 is 11.0 Å². The van der Waals surface area contributed by atoms with E-state index in [9.17, 15) is 13.2 Å². The van der Waals surface area contributed by atoms with Crippen LogP contribution >= 0.6 is 0 Å². The second kappa shape index (κ2) is 7.16. The van der Waals surface area contributed by atoms with Gasteiger partial charge in [-0.3, -0.25) is 0 Å². The first-order valence-electron chi connectivity index (χ1n) is 9.43. The fourth-order valence-corrected chi connectivity index (χ4v) is 3.47. The summed E-state index contributed by atoms with van der Waals surface area (Å²) < 4.78 is 48.8. The van der Waals surface area contributed by atoms with Crippen LogP contribution in [0.2, 0.25) is 0 Å². The van der Waals surface area contributed by atoms with Crippen LogP contribution in [-0.2, 0) is 12.1 Å². The Balaban J connectivity index is 1.75. The molecule has 4 rings (SSSR count).